The third-order valence-electron chi connectivity index (χ3n) is 3.27. The highest BCUT2D eigenvalue weighted by Crippen LogP contribution is 2.09. The Bertz CT molecular complexity index is 338. The fourth-order valence-electron chi connectivity index (χ4n) is 2.20. The zero-order chi connectivity index (χ0) is 13.4. The molecule has 0 spiro atoms. The third-order valence-corrected chi connectivity index (χ3v) is 3.92. The van der Waals surface area contributed by atoms with Crippen molar-refractivity contribution in [3.8, 4) is 0 Å². The van der Waals surface area contributed by atoms with Gasteiger partial charge in [-0.1, -0.05) is 29.8 Å². The molecule has 0 aliphatic carbocycles. The molecule has 2 unspecified atom stereocenters. The molecule has 0 aliphatic rings. The van der Waals surface area contributed by atoms with Gasteiger partial charge in [0.25, 0.3) is 0 Å². The first kappa shape index (κ1) is 15.6. The molecule has 1 aromatic rings. The van der Waals surface area contributed by atoms with E-state index in [1.165, 1.54) is 36.1 Å². The van der Waals surface area contributed by atoms with Crippen molar-refractivity contribution < 1.29 is 0 Å². The first-order valence-corrected chi connectivity index (χ1v) is 8.31. The summed E-state index contributed by atoms with van der Waals surface area (Å²) < 4.78 is 0. The Balaban J connectivity index is 2.26. The molecule has 0 saturated carbocycles. The Morgan fingerprint density at radius 1 is 1.17 bits per heavy atom. The van der Waals surface area contributed by atoms with E-state index >= 15 is 0 Å². The first-order valence-electron chi connectivity index (χ1n) is 6.92. The van der Waals surface area contributed by atoms with Gasteiger partial charge in [-0.25, -0.2) is 0 Å². The van der Waals surface area contributed by atoms with E-state index in [-0.39, 0.29) is 0 Å². The quantitative estimate of drug-likeness (QED) is 0.761. The van der Waals surface area contributed by atoms with Crippen LogP contribution in [-0.4, -0.2) is 24.1 Å². The molecule has 2 heteroatoms. The van der Waals surface area contributed by atoms with E-state index in [4.69, 9.17) is 0 Å². The maximum Gasteiger partial charge on any atom is 0.00490 e. The van der Waals surface area contributed by atoms with E-state index in [9.17, 15) is 0 Å². The lowest BCUT2D eigenvalue weighted by Gasteiger charge is -2.19. The van der Waals surface area contributed by atoms with E-state index in [2.05, 4.69) is 56.6 Å². The summed E-state index contributed by atoms with van der Waals surface area (Å²) in [5, 5.41) is 3.69. The summed E-state index contributed by atoms with van der Waals surface area (Å²) in [7, 11) is 0. The number of benzene rings is 1. The first-order chi connectivity index (χ1) is 8.61. The topological polar surface area (TPSA) is 12.0 Å². The second-order valence-electron chi connectivity index (χ2n) is 5.28. The number of thioether (sulfide) groups is 1. The van der Waals surface area contributed by atoms with Crippen molar-refractivity contribution in [2.45, 2.75) is 52.1 Å². The lowest BCUT2D eigenvalue weighted by Crippen LogP contribution is -2.35. The van der Waals surface area contributed by atoms with Crippen molar-refractivity contribution in [1.29, 1.82) is 0 Å². The van der Waals surface area contributed by atoms with Crippen molar-refractivity contribution in [3.63, 3.8) is 0 Å². The molecule has 1 N–H and O–H groups in total. The van der Waals surface area contributed by atoms with Gasteiger partial charge in [0.15, 0.2) is 0 Å². The number of nitrogens with one attached hydrogen (secondary N) is 1. The monoisotopic (exact) mass is 265 g/mol. The van der Waals surface area contributed by atoms with Gasteiger partial charge in [0.2, 0.25) is 0 Å². The molecule has 0 aromatic heterocycles. The number of rotatable bonds is 8. The molecular formula is C16H27NS. The summed E-state index contributed by atoms with van der Waals surface area (Å²) in [5.41, 5.74) is 2.82. The summed E-state index contributed by atoms with van der Waals surface area (Å²) in [6.07, 6.45) is 5.82. The van der Waals surface area contributed by atoms with Crippen LogP contribution in [0, 0.1) is 6.92 Å². The van der Waals surface area contributed by atoms with Crippen LogP contribution in [0.1, 0.15) is 37.8 Å². The van der Waals surface area contributed by atoms with E-state index in [0.717, 1.165) is 0 Å². The second-order valence-corrected chi connectivity index (χ2v) is 6.26. The molecular weight excluding hydrogens is 238 g/mol. The summed E-state index contributed by atoms with van der Waals surface area (Å²) >= 11 is 1.93. The Morgan fingerprint density at radius 2 is 1.89 bits per heavy atom. The van der Waals surface area contributed by atoms with E-state index < -0.39 is 0 Å². The van der Waals surface area contributed by atoms with Crippen LogP contribution >= 0.6 is 11.8 Å². The van der Waals surface area contributed by atoms with Gasteiger partial charge in [-0.05, 0) is 57.6 Å². The van der Waals surface area contributed by atoms with Crippen LogP contribution in [-0.2, 0) is 6.42 Å². The molecule has 0 radical (unpaired) electrons. The third kappa shape index (κ3) is 6.46. The van der Waals surface area contributed by atoms with Crippen LogP contribution in [0.15, 0.2) is 24.3 Å². The minimum atomic E-state index is 0.599. The Labute approximate surface area is 117 Å². The highest BCUT2D eigenvalue weighted by molar-refractivity contribution is 7.98. The fraction of sp³-hybridized carbons (Fsp3) is 0.625. The minimum absolute atomic E-state index is 0.599. The highest BCUT2D eigenvalue weighted by Gasteiger charge is 2.07. The predicted molar refractivity (Wildman–Crippen MR) is 84.6 cm³/mol. The Morgan fingerprint density at radius 3 is 2.56 bits per heavy atom. The van der Waals surface area contributed by atoms with Gasteiger partial charge in [0.05, 0.1) is 0 Å². The van der Waals surface area contributed by atoms with Gasteiger partial charge in [-0.3, -0.25) is 0 Å². The molecule has 2 atom stereocenters. The smallest absolute Gasteiger partial charge is 0.00490 e. The average molecular weight is 265 g/mol. The molecule has 18 heavy (non-hydrogen) atoms. The van der Waals surface area contributed by atoms with Gasteiger partial charge in [-0.15, -0.1) is 0 Å². The zero-order valence-electron chi connectivity index (χ0n) is 12.2. The summed E-state index contributed by atoms with van der Waals surface area (Å²) in [4.78, 5) is 0. The van der Waals surface area contributed by atoms with Crippen LogP contribution in [0.2, 0.25) is 0 Å². The van der Waals surface area contributed by atoms with Crippen molar-refractivity contribution in [1.82, 2.24) is 5.32 Å². The predicted octanol–water partition coefficient (Wildman–Crippen LogP) is 4.05. The summed E-state index contributed by atoms with van der Waals surface area (Å²) in [5.74, 6) is 1.25. The largest absolute Gasteiger partial charge is 0.312 e. The van der Waals surface area contributed by atoms with Gasteiger partial charge < -0.3 is 5.32 Å². The molecule has 0 fully saturated rings. The van der Waals surface area contributed by atoms with Gasteiger partial charge in [-0.2, -0.15) is 11.8 Å². The zero-order valence-corrected chi connectivity index (χ0v) is 13.0. The maximum absolute atomic E-state index is 3.69. The minimum Gasteiger partial charge on any atom is -0.312 e. The van der Waals surface area contributed by atoms with Crippen molar-refractivity contribution in [2.75, 3.05) is 12.0 Å². The molecule has 102 valence electrons. The maximum atomic E-state index is 3.69. The molecule has 0 heterocycles. The molecule has 0 aliphatic heterocycles. The van der Waals surface area contributed by atoms with Crippen LogP contribution in [0.25, 0.3) is 0 Å². The highest BCUT2D eigenvalue weighted by atomic mass is 32.2. The molecule has 1 rings (SSSR count). The number of hydrogen-bond acceptors (Lipinski definition) is 2. The summed E-state index contributed by atoms with van der Waals surface area (Å²) in [6.45, 7) is 6.75. The number of aryl methyl sites for hydroxylation is 2. The fourth-order valence-corrected chi connectivity index (χ4v) is 2.79. The number of hydrogen-bond donors (Lipinski definition) is 1. The van der Waals surface area contributed by atoms with E-state index in [1.807, 2.05) is 11.8 Å². The van der Waals surface area contributed by atoms with Crippen LogP contribution < -0.4 is 5.32 Å². The van der Waals surface area contributed by atoms with Gasteiger partial charge in [0, 0.05) is 12.1 Å². The average Bonchev–Trinajstić information content (AvgIpc) is 2.34. The molecule has 1 nitrogen and oxygen atoms in total. The molecule has 0 amide bonds. The lowest BCUT2D eigenvalue weighted by atomic mass is 10.0. The van der Waals surface area contributed by atoms with E-state index in [0.29, 0.717) is 12.1 Å². The molecule has 1 aromatic carbocycles. The molecule has 0 saturated heterocycles. The van der Waals surface area contributed by atoms with Gasteiger partial charge >= 0.3 is 0 Å². The van der Waals surface area contributed by atoms with Crippen LogP contribution in [0.5, 0.6) is 0 Å². The van der Waals surface area contributed by atoms with Crippen molar-refractivity contribution >= 4 is 11.8 Å². The normalized spacial score (nSPS) is 14.4. The second kappa shape index (κ2) is 8.60. The SMILES string of the molecule is CSCCC(C)NC(C)CCc1cccc(C)c1. The standard InChI is InChI=1S/C16H27NS/c1-13-6-5-7-16(12-13)9-8-14(2)17-15(3)10-11-18-4/h5-7,12,14-15,17H,8-11H2,1-4H3. The van der Waals surface area contributed by atoms with Crippen LogP contribution in [0.3, 0.4) is 0 Å². The van der Waals surface area contributed by atoms with Crippen LogP contribution in [0.4, 0.5) is 0 Å². The molecule has 0 bridgehead atoms. The Hall–Kier alpha value is -0.470. The van der Waals surface area contributed by atoms with E-state index in [1.54, 1.807) is 0 Å². The Kier molecular flexibility index (Phi) is 7.45. The van der Waals surface area contributed by atoms with Crippen molar-refractivity contribution in [3.05, 3.63) is 35.4 Å². The van der Waals surface area contributed by atoms with Crippen molar-refractivity contribution in [2.24, 2.45) is 0 Å². The summed E-state index contributed by atoms with van der Waals surface area (Å²) in [6, 6.07) is 10.1. The lowest BCUT2D eigenvalue weighted by molar-refractivity contribution is 0.440. The van der Waals surface area contributed by atoms with Gasteiger partial charge in [0.1, 0.15) is 0 Å².